The van der Waals surface area contributed by atoms with Crippen molar-refractivity contribution >= 4 is 5.91 Å². The molecule has 0 radical (unpaired) electrons. The molecule has 0 bridgehead atoms. The topological polar surface area (TPSA) is 72.9 Å². The third-order valence-electron chi connectivity index (χ3n) is 2.53. The van der Waals surface area contributed by atoms with E-state index in [4.69, 9.17) is 5.73 Å². The molecule has 1 unspecified atom stereocenters. The fourth-order valence-corrected chi connectivity index (χ4v) is 1.76. The summed E-state index contributed by atoms with van der Waals surface area (Å²) in [7, 11) is 0. The molecule has 1 rings (SSSR count). The Labute approximate surface area is 96.0 Å². The van der Waals surface area contributed by atoms with Gasteiger partial charge in [-0.05, 0) is 12.5 Å². The summed E-state index contributed by atoms with van der Waals surface area (Å²) in [5.41, 5.74) is 6.40. The Balaban J connectivity index is 2.91. The van der Waals surface area contributed by atoms with E-state index in [0.717, 1.165) is 12.2 Å². The molecule has 5 nitrogen and oxygen atoms in total. The van der Waals surface area contributed by atoms with Crippen LogP contribution in [0.15, 0.2) is 12.5 Å². The number of hydrogen-bond donors (Lipinski definition) is 2. The first-order valence-corrected chi connectivity index (χ1v) is 5.58. The van der Waals surface area contributed by atoms with E-state index >= 15 is 0 Å². The van der Waals surface area contributed by atoms with Crippen molar-refractivity contribution in [3.63, 3.8) is 0 Å². The molecule has 1 amide bonds. The average Bonchev–Trinajstić information content (AvgIpc) is 2.62. The predicted molar refractivity (Wildman–Crippen MR) is 62.7 cm³/mol. The molecular formula is C11H20N4O. The lowest BCUT2D eigenvalue weighted by Gasteiger charge is -2.21. The van der Waals surface area contributed by atoms with Gasteiger partial charge in [0.25, 0.3) is 0 Å². The molecular weight excluding hydrogens is 204 g/mol. The third kappa shape index (κ3) is 2.82. The van der Waals surface area contributed by atoms with E-state index in [0.29, 0.717) is 6.54 Å². The number of nitrogens with two attached hydrogens (primary N) is 1. The number of carbonyl (C=O) groups is 1. The number of hydrogen-bond acceptors (Lipinski definition) is 3. The first-order valence-electron chi connectivity index (χ1n) is 5.58. The van der Waals surface area contributed by atoms with Crippen LogP contribution in [-0.2, 0) is 11.3 Å². The summed E-state index contributed by atoms with van der Waals surface area (Å²) in [5, 5.41) is 3.21. The Bertz CT molecular complexity index is 346. The molecule has 90 valence electrons. The van der Waals surface area contributed by atoms with Crippen LogP contribution in [0.3, 0.4) is 0 Å². The van der Waals surface area contributed by atoms with Crippen LogP contribution in [0, 0.1) is 5.92 Å². The molecule has 0 fully saturated rings. The molecule has 0 saturated carbocycles. The average molecular weight is 224 g/mol. The van der Waals surface area contributed by atoms with Gasteiger partial charge in [0.05, 0.1) is 12.0 Å². The number of nitrogens with one attached hydrogen (secondary N) is 1. The molecule has 3 N–H and O–H groups in total. The smallest absolute Gasteiger partial charge is 0.240 e. The van der Waals surface area contributed by atoms with E-state index < -0.39 is 0 Å². The van der Waals surface area contributed by atoms with Crippen molar-refractivity contribution in [1.29, 1.82) is 0 Å². The number of carbonyl (C=O) groups excluding carboxylic acids is 1. The largest absolute Gasteiger partial charge is 0.368 e. The van der Waals surface area contributed by atoms with Gasteiger partial charge >= 0.3 is 0 Å². The molecule has 0 aliphatic rings. The van der Waals surface area contributed by atoms with Crippen molar-refractivity contribution in [2.45, 2.75) is 33.4 Å². The van der Waals surface area contributed by atoms with Crippen molar-refractivity contribution < 1.29 is 4.79 Å². The minimum atomic E-state index is -0.323. The second-order valence-electron chi connectivity index (χ2n) is 4.16. The monoisotopic (exact) mass is 224 g/mol. The molecule has 0 aliphatic heterocycles. The Kier molecular flexibility index (Phi) is 4.49. The van der Waals surface area contributed by atoms with Crippen molar-refractivity contribution in [1.82, 2.24) is 14.9 Å². The number of imidazole rings is 1. The van der Waals surface area contributed by atoms with Gasteiger partial charge in [0, 0.05) is 12.7 Å². The second-order valence-corrected chi connectivity index (χ2v) is 4.16. The maximum atomic E-state index is 11.4. The SMILES string of the molecule is CCNCc1cncn1C(C(N)=O)C(C)C. The first-order chi connectivity index (χ1) is 7.57. The lowest BCUT2D eigenvalue weighted by atomic mass is 10.0. The molecule has 1 atom stereocenters. The van der Waals surface area contributed by atoms with Gasteiger partial charge in [0.2, 0.25) is 5.91 Å². The van der Waals surface area contributed by atoms with Crippen molar-refractivity contribution in [3.05, 3.63) is 18.2 Å². The summed E-state index contributed by atoms with van der Waals surface area (Å²) >= 11 is 0. The highest BCUT2D eigenvalue weighted by Crippen LogP contribution is 2.19. The quantitative estimate of drug-likeness (QED) is 0.746. The summed E-state index contributed by atoms with van der Waals surface area (Å²) in [6.07, 6.45) is 3.43. The molecule has 0 aliphatic carbocycles. The van der Waals surface area contributed by atoms with Crippen LogP contribution in [0.4, 0.5) is 0 Å². The van der Waals surface area contributed by atoms with Gasteiger partial charge in [-0.25, -0.2) is 4.98 Å². The predicted octanol–water partition coefficient (Wildman–Crippen LogP) is 0.675. The van der Waals surface area contributed by atoms with Crippen molar-refractivity contribution in [2.75, 3.05) is 6.54 Å². The van der Waals surface area contributed by atoms with E-state index in [1.807, 2.05) is 25.3 Å². The van der Waals surface area contributed by atoms with Gasteiger partial charge in [-0.1, -0.05) is 20.8 Å². The summed E-state index contributed by atoms with van der Waals surface area (Å²) in [5.74, 6) is -0.155. The maximum absolute atomic E-state index is 11.4. The molecule has 0 saturated heterocycles. The van der Waals surface area contributed by atoms with Gasteiger partial charge in [-0.3, -0.25) is 4.79 Å². The van der Waals surface area contributed by atoms with Gasteiger partial charge in [-0.15, -0.1) is 0 Å². The molecule has 1 aromatic heterocycles. The zero-order chi connectivity index (χ0) is 12.1. The van der Waals surface area contributed by atoms with Gasteiger partial charge in [-0.2, -0.15) is 0 Å². The van der Waals surface area contributed by atoms with Gasteiger partial charge in [0.1, 0.15) is 6.04 Å². The highest BCUT2D eigenvalue weighted by molar-refractivity contribution is 5.78. The molecule has 16 heavy (non-hydrogen) atoms. The number of nitrogens with zero attached hydrogens (tertiary/aromatic N) is 2. The number of amides is 1. The van der Waals surface area contributed by atoms with E-state index in [1.165, 1.54) is 0 Å². The molecule has 1 heterocycles. The van der Waals surface area contributed by atoms with Gasteiger partial charge in [0.15, 0.2) is 0 Å². The summed E-state index contributed by atoms with van der Waals surface area (Å²) in [6.45, 7) is 7.58. The van der Waals surface area contributed by atoms with Crippen LogP contribution in [0.1, 0.15) is 32.5 Å². The van der Waals surface area contributed by atoms with Crippen LogP contribution in [0.5, 0.6) is 0 Å². The fourth-order valence-electron chi connectivity index (χ4n) is 1.76. The normalized spacial score (nSPS) is 13.0. The summed E-state index contributed by atoms with van der Waals surface area (Å²) in [4.78, 5) is 15.5. The lowest BCUT2D eigenvalue weighted by Crippen LogP contribution is -2.32. The molecule has 1 aromatic rings. The minimum Gasteiger partial charge on any atom is -0.368 e. The second kappa shape index (κ2) is 5.65. The highest BCUT2D eigenvalue weighted by atomic mass is 16.1. The number of rotatable bonds is 6. The fraction of sp³-hybridized carbons (Fsp3) is 0.636. The van der Waals surface area contributed by atoms with E-state index in [2.05, 4.69) is 10.3 Å². The number of primary amides is 1. The Morgan fingerprint density at radius 2 is 2.31 bits per heavy atom. The zero-order valence-corrected chi connectivity index (χ0v) is 10.1. The molecule has 5 heteroatoms. The molecule has 0 spiro atoms. The van der Waals surface area contributed by atoms with Crippen LogP contribution in [0.25, 0.3) is 0 Å². The number of aromatic nitrogens is 2. The van der Waals surface area contributed by atoms with Crippen molar-refractivity contribution in [3.8, 4) is 0 Å². The van der Waals surface area contributed by atoms with Crippen LogP contribution in [0.2, 0.25) is 0 Å². The summed E-state index contributed by atoms with van der Waals surface area (Å²) < 4.78 is 1.86. The van der Waals surface area contributed by atoms with Crippen molar-refractivity contribution in [2.24, 2.45) is 11.7 Å². The maximum Gasteiger partial charge on any atom is 0.240 e. The van der Waals surface area contributed by atoms with E-state index in [-0.39, 0.29) is 17.9 Å². The third-order valence-corrected chi connectivity index (χ3v) is 2.53. The molecule has 0 aromatic carbocycles. The van der Waals surface area contributed by atoms with E-state index in [1.54, 1.807) is 12.5 Å². The standard InChI is InChI=1S/C11H20N4O/c1-4-13-5-9-6-14-7-15(9)10(8(2)3)11(12)16/h6-8,10,13H,4-5H2,1-3H3,(H2,12,16). The Morgan fingerprint density at radius 3 is 2.81 bits per heavy atom. The van der Waals surface area contributed by atoms with Crippen LogP contribution in [-0.4, -0.2) is 22.0 Å². The van der Waals surface area contributed by atoms with E-state index in [9.17, 15) is 4.79 Å². The minimum absolute atomic E-state index is 0.159. The zero-order valence-electron chi connectivity index (χ0n) is 10.1. The van der Waals surface area contributed by atoms with Crippen LogP contribution < -0.4 is 11.1 Å². The summed E-state index contributed by atoms with van der Waals surface area (Å²) in [6, 6.07) is -0.323. The lowest BCUT2D eigenvalue weighted by molar-refractivity contribution is -0.122. The Hall–Kier alpha value is -1.36. The Morgan fingerprint density at radius 1 is 1.62 bits per heavy atom. The highest BCUT2D eigenvalue weighted by Gasteiger charge is 2.23. The van der Waals surface area contributed by atoms with Gasteiger partial charge < -0.3 is 15.6 Å². The first kappa shape index (κ1) is 12.7. The van der Waals surface area contributed by atoms with Crippen LogP contribution >= 0.6 is 0 Å².